The van der Waals surface area contributed by atoms with Crippen LogP contribution in [0.1, 0.15) is 6.92 Å². The van der Waals surface area contributed by atoms with Gasteiger partial charge in [0, 0.05) is 37.3 Å². The Balaban J connectivity index is 2.19. The molecule has 106 valence electrons. The van der Waals surface area contributed by atoms with Crippen LogP contribution in [0.3, 0.4) is 0 Å². The Kier molecular flexibility index (Phi) is 3.23. The van der Waals surface area contributed by atoms with Crippen molar-refractivity contribution in [3.63, 3.8) is 0 Å². The minimum absolute atomic E-state index is 0.209. The highest BCUT2D eigenvalue weighted by Crippen LogP contribution is 2.32. The number of nitrogens with two attached hydrogens (primary N) is 1. The summed E-state index contributed by atoms with van der Waals surface area (Å²) in [6, 6.07) is 6.88. The molecular weight excluding hydrogens is 290 g/mol. The molecule has 0 spiro atoms. The lowest BCUT2D eigenvalue weighted by Crippen LogP contribution is -2.24. The highest BCUT2D eigenvalue weighted by molar-refractivity contribution is 6.34. The molecule has 3 aromatic rings. The number of halogens is 1. The molecule has 0 radical (unpaired) electrons. The van der Waals surface area contributed by atoms with Crippen LogP contribution in [0.4, 0.5) is 17.2 Å². The number of aromatic nitrogens is 3. The van der Waals surface area contributed by atoms with Crippen LogP contribution in [0.5, 0.6) is 0 Å². The van der Waals surface area contributed by atoms with Crippen molar-refractivity contribution in [2.45, 2.75) is 6.92 Å². The number of carbonyl (C=O) groups is 1. The number of carbonyl (C=O) groups excluding carboxylic acids is 1. The Labute approximate surface area is 125 Å². The molecule has 6 nitrogen and oxygen atoms in total. The van der Waals surface area contributed by atoms with Crippen LogP contribution in [-0.2, 0) is 4.79 Å². The summed E-state index contributed by atoms with van der Waals surface area (Å²) in [4.78, 5) is 17.7. The van der Waals surface area contributed by atoms with Gasteiger partial charge in [-0.05, 0) is 18.2 Å². The Morgan fingerprint density at radius 1 is 1.33 bits per heavy atom. The van der Waals surface area contributed by atoms with Gasteiger partial charge in [-0.2, -0.15) is 5.10 Å². The molecule has 3 rings (SSSR count). The number of hydrogen-bond donors (Lipinski definition) is 1. The molecule has 0 unspecified atom stereocenters. The zero-order chi connectivity index (χ0) is 15.0. The number of rotatable bonds is 2. The van der Waals surface area contributed by atoms with Gasteiger partial charge in [0.1, 0.15) is 5.82 Å². The number of nitrogen functional groups attached to an aromatic ring is 1. The van der Waals surface area contributed by atoms with Gasteiger partial charge in [-0.1, -0.05) is 11.6 Å². The third-order valence-corrected chi connectivity index (χ3v) is 3.31. The van der Waals surface area contributed by atoms with Gasteiger partial charge in [0.25, 0.3) is 0 Å². The van der Waals surface area contributed by atoms with Gasteiger partial charge in [-0.3, -0.25) is 9.69 Å². The maximum Gasteiger partial charge on any atom is 0.229 e. The number of anilines is 3. The molecular formula is C14H12ClN5O. The number of pyridine rings is 2. The van der Waals surface area contributed by atoms with Crippen LogP contribution in [0.2, 0.25) is 5.02 Å². The lowest BCUT2D eigenvalue weighted by molar-refractivity contribution is -0.115. The van der Waals surface area contributed by atoms with E-state index in [2.05, 4.69) is 10.1 Å². The van der Waals surface area contributed by atoms with Crippen LogP contribution in [0.15, 0.2) is 42.9 Å². The smallest absolute Gasteiger partial charge is 0.229 e. The van der Waals surface area contributed by atoms with Crippen molar-refractivity contribution < 1.29 is 4.79 Å². The number of nitrogens with zero attached hydrogens (tertiary/aromatic N) is 4. The average Bonchev–Trinajstić information content (AvgIpc) is 2.86. The fourth-order valence-corrected chi connectivity index (χ4v) is 2.34. The summed E-state index contributed by atoms with van der Waals surface area (Å²) < 4.78 is 1.64. The second-order valence-corrected chi connectivity index (χ2v) is 4.92. The SMILES string of the molecule is CC(=O)N(c1cc(N)ccn1)c1cc2ccnn2cc1Cl. The molecule has 2 N–H and O–H groups in total. The van der Waals surface area contributed by atoms with E-state index in [1.54, 1.807) is 41.3 Å². The summed E-state index contributed by atoms with van der Waals surface area (Å²) in [5.41, 5.74) is 7.64. The lowest BCUT2D eigenvalue weighted by Gasteiger charge is -2.21. The minimum atomic E-state index is -0.209. The van der Waals surface area contributed by atoms with E-state index in [-0.39, 0.29) is 5.91 Å². The average molecular weight is 302 g/mol. The van der Waals surface area contributed by atoms with E-state index in [4.69, 9.17) is 17.3 Å². The molecule has 0 atom stereocenters. The number of hydrogen-bond acceptors (Lipinski definition) is 4. The molecule has 0 aromatic carbocycles. The quantitative estimate of drug-likeness (QED) is 0.789. The molecule has 0 aliphatic rings. The summed E-state index contributed by atoms with van der Waals surface area (Å²) in [7, 11) is 0. The monoisotopic (exact) mass is 301 g/mol. The summed E-state index contributed by atoms with van der Waals surface area (Å²) in [6.45, 7) is 1.45. The van der Waals surface area contributed by atoms with Gasteiger partial charge in [0.2, 0.25) is 5.91 Å². The molecule has 0 aliphatic carbocycles. The molecule has 7 heteroatoms. The Bertz CT molecular complexity index is 829. The largest absolute Gasteiger partial charge is 0.399 e. The molecule has 3 heterocycles. The van der Waals surface area contributed by atoms with E-state index in [1.165, 1.54) is 11.8 Å². The molecule has 3 aromatic heterocycles. The van der Waals surface area contributed by atoms with E-state index >= 15 is 0 Å². The molecule has 21 heavy (non-hydrogen) atoms. The van der Waals surface area contributed by atoms with Crippen LogP contribution in [-0.4, -0.2) is 20.5 Å². The van der Waals surface area contributed by atoms with Crippen molar-refractivity contribution in [2.75, 3.05) is 10.6 Å². The van der Waals surface area contributed by atoms with Gasteiger partial charge in [-0.25, -0.2) is 9.50 Å². The predicted molar refractivity (Wildman–Crippen MR) is 81.7 cm³/mol. The zero-order valence-electron chi connectivity index (χ0n) is 11.2. The molecule has 0 aliphatic heterocycles. The molecule has 0 saturated carbocycles. The zero-order valence-corrected chi connectivity index (χ0v) is 11.9. The molecule has 1 amide bonds. The third kappa shape index (κ3) is 2.41. The normalized spacial score (nSPS) is 10.8. The summed E-state index contributed by atoms with van der Waals surface area (Å²) in [5.74, 6) is 0.215. The minimum Gasteiger partial charge on any atom is -0.399 e. The van der Waals surface area contributed by atoms with Gasteiger partial charge in [0.05, 0.1) is 16.2 Å². The highest BCUT2D eigenvalue weighted by atomic mass is 35.5. The Morgan fingerprint density at radius 3 is 2.86 bits per heavy atom. The summed E-state index contributed by atoms with van der Waals surface area (Å²) in [6.07, 6.45) is 4.85. The molecule has 0 fully saturated rings. The van der Waals surface area contributed by atoms with E-state index in [0.717, 1.165) is 5.52 Å². The first-order valence-electron chi connectivity index (χ1n) is 6.21. The van der Waals surface area contributed by atoms with Crippen molar-refractivity contribution in [1.29, 1.82) is 0 Å². The summed E-state index contributed by atoms with van der Waals surface area (Å²) in [5, 5.41) is 4.50. The third-order valence-electron chi connectivity index (χ3n) is 3.02. The molecule has 0 bridgehead atoms. The van der Waals surface area contributed by atoms with Crippen molar-refractivity contribution in [1.82, 2.24) is 14.6 Å². The maximum atomic E-state index is 12.0. The van der Waals surface area contributed by atoms with Crippen LogP contribution < -0.4 is 10.6 Å². The fraction of sp³-hybridized carbons (Fsp3) is 0.0714. The van der Waals surface area contributed by atoms with Gasteiger partial charge >= 0.3 is 0 Å². The lowest BCUT2D eigenvalue weighted by atomic mass is 10.3. The van der Waals surface area contributed by atoms with Gasteiger partial charge in [0.15, 0.2) is 0 Å². The maximum absolute atomic E-state index is 12.0. The Hall–Kier alpha value is -2.60. The van der Waals surface area contributed by atoms with E-state index in [1.807, 2.05) is 6.07 Å². The number of amides is 1. The topological polar surface area (TPSA) is 76.5 Å². The van der Waals surface area contributed by atoms with E-state index < -0.39 is 0 Å². The fourth-order valence-electron chi connectivity index (χ4n) is 2.11. The second-order valence-electron chi connectivity index (χ2n) is 4.51. The van der Waals surface area contributed by atoms with Crippen LogP contribution in [0.25, 0.3) is 5.52 Å². The number of fused-ring (bicyclic) bond motifs is 1. The van der Waals surface area contributed by atoms with Crippen LogP contribution in [0, 0.1) is 0 Å². The van der Waals surface area contributed by atoms with Crippen LogP contribution >= 0.6 is 11.6 Å². The van der Waals surface area contributed by atoms with Crippen molar-refractivity contribution in [3.8, 4) is 0 Å². The van der Waals surface area contributed by atoms with E-state index in [0.29, 0.717) is 22.2 Å². The van der Waals surface area contributed by atoms with E-state index in [9.17, 15) is 4.79 Å². The Morgan fingerprint density at radius 2 is 2.14 bits per heavy atom. The van der Waals surface area contributed by atoms with Crippen molar-refractivity contribution >= 4 is 40.2 Å². The summed E-state index contributed by atoms with van der Waals surface area (Å²) >= 11 is 6.27. The predicted octanol–water partition coefficient (Wildman–Crippen LogP) is 2.65. The van der Waals surface area contributed by atoms with Gasteiger partial charge in [-0.15, -0.1) is 0 Å². The standard InChI is InChI=1S/C14H12ClN5O/c1-9(21)20(14-6-10(16)2-4-17-14)13-7-11-3-5-18-19(11)8-12(13)15/h2-8H,1H3,(H2,16,17). The van der Waals surface area contributed by atoms with Crippen molar-refractivity contribution in [2.24, 2.45) is 0 Å². The first-order valence-corrected chi connectivity index (χ1v) is 6.59. The highest BCUT2D eigenvalue weighted by Gasteiger charge is 2.19. The second kappa shape index (κ2) is 5.06. The first-order chi connectivity index (χ1) is 10.1. The van der Waals surface area contributed by atoms with Gasteiger partial charge < -0.3 is 5.73 Å². The first kappa shape index (κ1) is 13.4. The molecule has 0 saturated heterocycles. The van der Waals surface area contributed by atoms with Crippen molar-refractivity contribution in [3.05, 3.63) is 47.9 Å².